The lowest BCUT2D eigenvalue weighted by atomic mass is 10.2. The average Bonchev–Trinajstić information content (AvgIpc) is 2.82. The molecule has 0 aliphatic carbocycles. The largest absolute Gasteiger partial charge is 0.333 e. The van der Waals surface area contributed by atoms with Crippen LogP contribution in [0.1, 0.15) is 24.6 Å². The van der Waals surface area contributed by atoms with Gasteiger partial charge in [0.15, 0.2) is 0 Å². The Balaban J connectivity index is 1.87. The molecule has 0 aliphatic rings. The first-order valence-corrected chi connectivity index (χ1v) is 7.11. The number of hydrogen-bond acceptors (Lipinski definition) is 2. The maximum Gasteiger partial charge on any atom is 0.0952 e. The third kappa shape index (κ3) is 4.69. The molecule has 0 spiro atoms. The van der Waals surface area contributed by atoms with Crippen molar-refractivity contribution >= 4 is 11.6 Å². The summed E-state index contributed by atoms with van der Waals surface area (Å²) in [6, 6.07) is 7.94. The van der Waals surface area contributed by atoms with Crippen molar-refractivity contribution in [2.45, 2.75) is 26.3 Å². The Hall–Kier alpha value is -1.32. The van der Waals surface area contributed by atoms with Crippen LogP contribution < -0.4 is 5.32 Å². The van der Waals surface area contributed by atoms with Crippen LogP contribution in [-0.4, -0.2) is 22.6 Å². The van der Waals surface area contributed by atoms with Gasteiger partial charge in [-0.05, 0) is 30.7 Å². The summed E-state index contributed by atoms with van der Waals surface area (Å²) in [5.41, 5.74) is 2.33. The van der Waals surface area contributed by atoms with E-state index in [1.807, 2.05) is 24.5 Å². The number of hydrogen-bond donors (Lipinski definition) is 1. The minimum atomic E-state index is 0.779. The topological polar surface area (TPSA) is 29.9 Å². The SMILES string of the molecule is CCCNCCc1cn(Cc2cccc(Cl)c2)cn1. The van der Waals surface area contributed by atoms with Gasteiger partial charge >= 0.3 is 0 Å². The van der Waals surface area contributed by atoms with Crippen LogP contribution >= 0.6 is 11.6 Å². The Morgan fingerprint density at radius 1 is 1.32 bits per heavy atom. The quantitative estimate of drug-likeness (QED) is 0.788. The highest BCUT2D eigenvalue weighted by Gasteiger charge is 2.00. The molecule has 1 aromatic heterocycles. The number of nitrogens with zero attached hydrogens (tertiary/aromatic N) is 2. The second kappa shape index (κ2) is 7.31. The van der Waals surface area contributed by atoms with Gasteiger partial charge < -0.3 is 9.88 Å². The number of nitrogens with one attached hydrogen (secondary N) is 1. The molecule has 0 fully saturated rings. The zero-order valence-corrected chi connectivity index (χ0v) is 12.0. The standard InChI is InChI=1S/C15H20ClN3/c1-2-7-17-8-6-15-11-19(12-18-15)10-13-4-3-5-14(16)9-13/h3-5,9,11-12,17H,2,6-8,10H2,1H3. The van der Waals surface area contributed by atoms with Crippen molar-refractivity contribution in [3.8, 4) is 0 Å². The normalized spacial score (nSPS) is 10.8. The fraction of sp³-hybridized carbons (Fsp3) is 0.400. The number of halogens is 1. The molecule has 0 amide bonds. The van der Waals surface area contributed by atoms with Crippen molar-refractivity contribution in [1.82, 2.24) is 14.9 Å². The van der Waals surface area contributed by atoms with Gasteiger partial charge in [-0.1, -0.05) is 30.7 Å². The summed E-state index contributed by atoms with van der Waals surface area (Å²) in [6.45, 7) is 5.05. The van der Waals surface area contributed by atoms with E-state index >= 15 is 0 Å². The van der Waals surface area contributed by atoms with Gasteiger partial charge in [-0.3, -0.25) is 0 Å². The van der Waals surface area contributed by atoms with Crippen LogP contribution in [0.25, 0.3) is 0 Å². The average molecular weight is 278 g/mol. The summed E-state index contributed by atoms with van der Waals surface area (Å²) < 4.78 is 2.10. The van der Waals surface area contributed by atoms with Gasteiger partial charge in [0.2, 0.25) is 0 Å². The van der Waals surface area contributed by atoms with Gasteiger partial charge in [0.05, 0.1) is 12.0 Å². The minimum Gasteiger partial charge on any atom is -0.333 e. The Kier molecular flexibility index (Phi) is 5.43. The third-order valence-electron chi connectivity index (χ3n) is 2.93. The first kappa shape index (κ1) is 14.1. The molecule has 19 heavy (non-hydrogen) atoms. The van der Waals surface area contributed by atoms with E-state index in [2.05, 4.69) is 34.1 Å². The van der Waals surface area contributed by atoms with Crippen molar-refractivity contribution in [3.63, 3.8) is 0 Å². The van der Waals surface area contributed by atoms with Crippen molar-refractivity contribution in [2.75, 3.05) is 13.1 Å². The van der Waals surface area contributed by atoms with Crippen LogP contribution in [-0.2, 0) is 13.0 Å². The molecule has 4 heteroatoms. The number of aromatic nitrogens is 2. The Labute approximate surface area is 119 Å². The van der Waals surface area contributed by atoms with Crippen molar-refractivity contribution < 1.29 is 0 Å². The number of benzene rings is 1. The van der Waals surface area contributed by atoms with Gasteiger partial charge in [0.25, 0.3) is 0 Å². The summed E-state index contributed by atoms with van der Waals surface area (Å²) in [6.07, 6.45) is 6.14. The van der Waals surface area contributed by atoms with Crippen LogP contribution in [0.2, 0.25) is 5.02 Å². The Morgan fingerprint density at radius 3 is 3.00 bits per heavy atom. The molecule has 0 unspecified atom stereocenters. The highest BCUT2D eigenvalue weighted by Crippen LogP contribution is 2.12. The van der Waals surface area contributed by atoms with Gasteiger partial charge in [-0.2, -0.15) is 0 Å². The van der Waals surface area contributed by atoms with E-state index in [4.69, 9.17) is 11.6 Å². The smallest absolute Gasteiger partial charge is 0.0952 e. The van der Waals surface area contributed by atoms with Gasteiger partial charge in [-0.25, -0.2) is 4.98 Å². The summed E-state index contributed by atoms with van der Waals surface area (Å²) in [7, 11) is 0. The van der Waals surface area contributed by atoms with E-state index in [-0.39, 0.29) is 0 Å². The third-order valence-corrected chi connectivity index (χ3v) is 3.16. The summed E-state index contributed by atoms with van der Waals surface area (Å²) in [5.74, 6) is 0. The molecule has 0 saturated heterocycles. The molecule has 2 aromatic rings. The molecule has 2 rings (SSSR count). The maximum atomic E-state index is 5.98. The predicted octanol–water partition coefficient (Wildman–Crippen LogP) is 3.13. The van der Waals surface area contributed by atoms with Crippen molar-refractivity contribution in [3.05, 3.63) is 53.1 Å². The van der Waals surface area contributed by atoms with E-state index in [9.17, 15) is 0 Å². The second-order valence-electron chi connectivity index (χ2n) is 4.67. The molecule has 1 N–H and O–H groups in total. The van der Waals surface area contributed by atoms with Gasteiger partial charge in [0, 0.05) is 30.7 Å². The fourth-order valence-corrected chi connectivity index (χ4v) is 2.20. The molecule has 1 aromatic carbocycles. The summed E-state index contributed by atoms with van der Waals surface area (Å²) in [5, 5.41) is 4.16. The number of rotatable bonds is 7. The Morgan fingerprint density at radius 2 is 2.21 bits per heavy atom. The lowest BCUT2D eigenvalue weighted by Gasteiger charge is -2.03. The van der Waals surface area contributed by atoms with Crippen LogP contribution in [0.5, 0.6) is 0 Å². The summed E-state index contributed by atoms with van der Waals surface area (Å²) >= 11 is 5.98. The Bertz CT molecular complexity index is 508. The zero-order valence-electron chi connectivity index (χ0n) is 11.3. The molecule has 0 aliphatic heterocycles. The molecular formula is C15H20ClN3. The van der Waals surface area contributed by atoms with E-state index in [1.54, 1.807) is 0 Å². The van der Waals surface area contributed by atoms with Gasteiger partial charge in [-0.15, -0.1) is 0 Å². The second-order valence-corrected chi connectivity index (χ2v) is 5.10. The molecule has 0 saturated carbocycles. The highest BCUT2D eigenvalue weighted by atomic mass is 35.5. The fourth-order valence-electron chi connectivity index (χ4n) is 1.99. The van der Waals surface area contributed by atoms with Crippen LogP contribution in [0.3, 0.4) is 0 Å². The minimum absolute atomic E-state index is 0.779. The molecule has 1 heterocycles. The molecule has 102 valence electrons. The first-order chi connectivity index (χ1) is 9.28. The molecule has 0 atom stereocenters. The van der Waals surface area contributed by atoms with Crippen LogP contribution in [0.4, 0.5) is 0 Å². The van der Waals surface area contributed by atoms with E-state index in [0.717, 1.165) is 36.8 Å². The van der Waals surface area contributed by atoms with E-state index in [1.165, 1.54) is 12.0 Å². The van der Waals surface area contributed by atoms with Crippen LogP contribution in [0, 0.1) is 0 Å². The maximum absolute atomic E-state index is 5.98. The van der Waals surface area contributed by atoms with E-state index in [0.29, 0.717) is 0 Å². The van der Waals surface area contributed by atoms with Crippen molar-refractivity contribution in [2.24, 2.45) is 0 Å². The first-order valence-electron chi connectivity index (χ1n) is 6.73. The number of imidazole rings is 1. The molecule has 0 radical (unpaired) electrons. The van der Waals surface area contributed by atoms with E-state index < -0.39 is 0 Å². The van der Waals surface area contributed by atoms with Crippen molar-refractivity contribution in [1.29, 1.82) is 0 Å². The predicted molar refractivity (Wildman–Crippen MR) is 79.6 cm³/mol. The summed E-state index contributed by atoms with van der Waals surface area (Å²) in [4.78, 5) is 4.42. The van der Waals surface area contributed by atoms with Gasteiger partial charge in [0.1, 0.15) is 0 Å². The molecule has 0 bridgehead atoms. The molecule has 3 nitrogen and oxygen atoms in total. The zero-order chi connectivity index (χ0) is 13.5. The van der Waals surface area contributed by atoms with Crippen LogP contribution in [0.15, 0.2) is 36.8 Å². The lowest BCUT2D eigenvalue weighted by molar-refractivity contribution is 0.666. The molecular weight excluding hydrogens is 258 g/mol. The monoisotopic (exact) mass is 277 g/mol. The lowest BCUT2D eigenvalue weighted by Crippen LogP contribution is -2.17. The highest BCUT2D eigenvalue weighted by molar-refractivity contribution is 6.30.